The molecule has 1 rings (SSSR count). The Kier molecular flexibility index (Phi) is 3.53. The second-order valence-electron chi connectivity index (χ2n) is 5.23. The van der Waals surface area contributed by atoms with E-state index in [1.54, 1.807) is 0 Å². The number of hydrogen-bond acceptors (Lipinski definition) is 3. The van der Waals surface area contributed by atoms with Crippen molar-refractivity contribution in [2.24, 2.45) is 17.1 Å². The number of nitrogens with two attached hydrogens (primary N) is 1. The summed E-state index contributed by atoms with van der Waals surface area (Å²) >= 11 is 0. The van der Waals surface area contributed by atoms with Gasteiger partial charge in [-0.1, -0.05) is 20.8 Å². The van der Waals surface area contributed by atoms with Crippen molar-refractivity contribution >= 4 is 5.97 Å². The highest BCUT2D eigenvalue weighted by Crippen LogP contribution is 2.39. The van der Waals surface area contributed by atoms with Crippen LogP contribution >= 0.6 is 0 Å². The van der Waals surface area contributed by atoms with Crippen molar-refractivity contribution in [3.05, 3.63) is 0 Å². The highest BCUT2D eigenvalue weighted by Gasteiger charge is 2.33. The summed E-state index contributed by atoms with van der Waals surface area (Å²) in [6, 6.07) is 0. The highest BCUT2D eigenvalue weighted by atomic mass is 16.5. The summed E-state index contributed by atoms with van der Waals surface area (Å²) in [5.74, 6) is 0.356. The SMILES string of the molecule is CC1CC(OC(=O)CN)CC(C)(C)C1. The average molecular weight is 199 g/mol. The van der Waals surface area contributed by atoms with E-state index in [1.165, 1.54) is 6.42 Å². The van der Waals surface area contributed by atoms with Crippen molar-refractivity contribution in [3.8, 4) is 0 Å². The van der Waals surface area contributed by atoms with Gasteiger partial charge in [-0.2, -0.15) is 0 Å². The maximum absolute atomic E-state index is 11.1. The Morgan fingerprint density at radius 2 is 2.14 bits per heavy atom. The van der Waals surface area contributed by atoms with Gasteiger partial charge in [0.05, 0.1) is 6.54 Å². The minimum atomic E-state index is -0.278. The lowest BCUT2D eigenvalue weighted by Gasteiger charge is -2.38. The molecule has 3 heteroatoms. The van der Waals surface area contributed by atoms with Crippen LogP contribution in [0.4, 0.5) is 0 Å². The third-order valence-corrected chi connectivity index (χ3v) is 2.81. The first-order valence-electron chi connectivity index (χ1n) is 5.32. The number of carbonyl (C=O) groups excluding carboxylic acids is 1. The Balaban J connectivity index is 2.50. The standard InChI is InChI=1S/C11H21NO2/c1-8-4-9(14-10(13)7-12)6-11(2,3)5-8/h8-9H,4-7,12H2,1-3H3. The first-order valence-corrected chi connectivity index (χ1v) is 5.32. The minimum Gasteiger partial charge on any atom is -0.461 e. The zero-order chi connectivity index (χ0) is 10.8. The Morgan fingerprint density at radius 1 is 1.50 bits per heavy atom. The summed E-state index contributed by atoms with van der Waals surface area (Å²) in [5, 5.41) is 0. The van der Waals surface area contributed by atoms with Crippen LogP contribution in [0, 0.1) is 11.3 Å². The van der Waals surface area contributed by atoms with Gasteiger partial charge < -0.3 is 10.5 Å². The highest BCUT2D eigenvalue weighted by molar-refractivity contribution is 5.71. The van der Waals surface area contributed by atoms with E-state index in [0.29, 0.717) is 5.92 Å². The lowest BCUT2D eigenvalue weighted by Crippen LogP contribution is -2.35. The Labute approximate surface area is 86.0 Å². The zero-order valence-corrected chi connectivity index (χ0v) is 9.38. The fraction of sp³-hybridized carbons (Fsp3) is 0.909. The van der Waals surface area contributed by atoms with E-state index in [1.807, 2.05) is 0 Å². The van der Waals surface area contributed by atoms with Crippen molar-refractivity contribution in [1.82, 2.24) is 0 Å². The molecule has 0 saturated heterocycles. The zero-order valence-electron chi connectivity index (χ0n) is 9.38. The molecule has 0 heterocycles. The number of esters is 1. The normalized spacial score (nSPS) is 31.1. The van der Waals surface area contributed by atoms with E-state index < -0.39 is 0 Å². The van der Waals surface area contributed by atoms with E-state index in [9.17, 15) is 4.79 Å². The van der Waals surface area contributed by atoms with Gasteiger partial charge in [-0.25, -0.2) is 0 Å². The van der Waals surface area contributed by atoms with Crippen LogP contribution in [-0.2, 0) is 9.53 Å². The molecule has 14 heavy (non-hydrogen) atoms. The molecule has 2 unspecified atom stereocenters. The van der Waals surface area contributed by atoms with E-state index in [-0.39, 0.29) is 24.0 Å². The van der Waals surface area contributed by atoms with Crippen molar-refractivity contribution in [2.75, 3.05) is 6.54 Å². The largest absolute Gasteiger partial charge is 0.461 e. The van der Waals surface area contributed by atoms with Gasteiger partial charge >= 0.3 is 5.97 Å². The second-order valence-corrected chi connectivity index (χ2v) is 5.23. The van der Waals surface area contributed by atoms with Crippen LogP contribution in [0.3, 0.4) is 0 Å². The van der Waals surface area contributed by atoms with E-state index in [2.05, 4.69) is 20.8 Å². The monoisotopic (exact) mass is 199 g/mol. The lowest BCUT2D eigenvalue weighted by molar-refractivity contribution is -0.151. The van der Waals surface area contributed by atoms with Gasteiger partial charge in [-0.05, 0) is 30.6 Å². The summed E-state index contributed by atoms with van der Waals surface area (Å²) in [6.07, 6.45) is 3.23. The van der Waals surface area contributed by atoms with Crippen molar-refractivity contribution in [2.45, 2.75) is 46.1 Å². The summed E-state index contributed by atoms with van der Waals surface area (Å²) < 4.78 is 5.28. The molecular formula is C11H21NO2. The second kappa shape index (κ2) is 4.30. The molecule has 0 spiro atoms. The maximum Gasteiger partial charge on any atom is 0.319 e. The predicted molar refractivity (Wildman–Crippen MR) is 55.7 cm³/mol. The topological polar surface area (TPSA) is 52.3 Å². The van der Waals surface area contributed by atoms with Crippen LogP contribution in [0.1, 0.15) is 40.0 Å². The number of hydrogen-bond donors (Lipinski definition) is 1. The van der Waals surface area contributed by atoms with Crippen LogP contribution in [0.5, 0.6) is 0 Å². The van der Waals surface area contributed by atoms with Gasteiger partial charge in [0, 0.05) is 0 Å². The first kappa shape index (κ1) is 11.5. The third-order valence-electron chi connectivity index (χ3n) is 2.81. The quantitative estimate of drug-likeness (QED) is 0.689. The van der Waals surface area contributed by atoms with Gasteiger partial charge in [0.25, 0.3) is 0 Å². The fourth-order valence-electron chi connectivity index (χ4n) is 2.58. The minimum absolute atomic E-state index is 0.00862. The van der Waals surface area contributed by atoms with Crippen LogP contribution < -0.4 is 5.73 Å². The van der Waals surface area contributed by atoms with Crippen molar-refractivity contribution < 1.29 is 9.53 Å². The molecule has 0 amide bonds. The molecule has 82 valence electrons. The summed E-state index contributed by atoms with van der Waals surface area (Å²) in [6.45, 7) is 6.66. The molecule has 3 nitrogen and oxygen atoms in total. The molecule has 1 aliphatic rings. The maximum atomic E-state index is 11.1. The molecule has 1 fully saturated rings. The predicted octanol–water partition coefficient (Wildman–Crippen LogP) is 1.70. The number of rotatable bonds is 2. The smallest absolute Gasteiger partial charge is 0.319 e. The van der Waals surface area contributed by atoms with Crippen molar-refractivity contribution in [3.63, 3.8) is 0 Å². The summed E-state index contributed by atoms with van der Waals surface area (Å²) in [5.41, 5.74) is 5.51. The Hall–Kier alpha value is -0.570. The van der Waals surface area contributed by atoms with Gasteiger partial charge in [0.1, 0.15) is 6.10 Å². The molecule has 0 radical (unpaired) electrons. The van der Waals surface area contributed by atoms with Gasteiger partial charge in [0.15, 0.2) is 0 Å². The number of carbonyl (C=O) groups is 1. The summed E-state index contributed by atoms with van der Waals surface area (Å²) in [4.78, 5) is 11.1. The number of ether oxygens (including phenoxy) is 1. The first-order chi connectivity index (χ1) is 6.43. The molecule has 0 bridgehead atoms. The van der Waals surface area contributed by atoms with E-state index in [4.69, 9.17) is 10.5 Å². The summed E-state index contributed by atoms with van der Waals surface area (Å²) in [7, 11) is 0. The third kappa shape index (κ3) is 3.29. The average Bonchev–Trinajstić information content (AvgIpc) is 1.99. The Morgan fingerprint density at radius 3 is 2.64 bits per heavy atom. The molecule has 1 aliphatic carbocycles. The van der Waals surface area contributed by atoms with Gasteiger partial charge in [-0.3, -0.25) is 4.79 Å². The molecule has 2 N–H and O–H groups in total. The van der Waals surface area contributed by atoms with E-state index >= 15 is 0 Å². The molecule has 0 aliphatic heterocycles. The molecule has 1 saturated carbocycles. The molecular weight excluding hydrogens is 178 g/mol. The molecule has 0 aromatic carbocycles. The van der Waals surface area contributed by atoms with E-state index in [0.717, 1.165) is 12.8 Å². The van der Waals surface area contributed by atoms with Crippen LogP contribution in [0.15, 0.2) is 0 Å². The van der Waals surface area contributed by atoms with Gasteiger partial charge in [0.2, 0.25) is 0 Å². The van der Waals surface area contributed by atoms with Crippen LogP contribution in [0.25, 0.3) is 0 Å². The van der Waals surface area contributed by atoms with Crippen LogP contribution in [-0.4, -0.2) is 18.6 Å². The molecule has 0 aromatic heterocycles. The fourth-order valence-corrected chi connectivity index (χ4v) is 2.58. The Bertz CT molecular complexity index is 213. The lowest BCUT2D eigenvalue weighted by atomic mass is 9.71. The van der Waals surface area contributed by atoms with Gasteiger partial charge in [-0.15, -0.1) is 0 Å². The molecule has 0 aromatic rings. The molecule has 2 atom stereocenters. The van der Waals surface area contributed by atoms with Crippen LogP contribution in [0.2, 0.25) is 0 Å². The van der Waals surface area contributed by atoms with Crippen molar-refractivity contribution in [1.29, 1.82) is 0 Å².